The van der Waals surface area contributed by atoms with Crippen LogP contribution in [0, 0.1) is 0 Å². The van der Waals surface area contributed by atoms with Crippen LogP contribution in [0.2, 0.25) is 0 Å². The molecule has 9 nitrogen and oxygen atoms in total. The Morgan fingerprint density at radius 3 is 2.70 bits per heavy atom. The van der Waals surface area contributed by atoms with E-state index in [1.54, 1.807) is 6.07 Å². The van der Waals surface area contributed by atoms with Gasteiger partial charge in [0.2, 0.25) is 11.8 Å². The number of carbonyl (C=O) groups is 1. The summed E-state index contributed by atoms with van der Waals surface area (Å²) in [6.07, 6.45) is 7.48. The summed E-state index contributed by atoms with van der Waals surface area (Å²) in [6, 6.07) is 1.63. The van der Waals surface area contributed by atoms with E-state index in [1.807, 2.05) is 0 Å². The normalized spacial score (nSPS) is 10.2. The number of carbonyl (C=O) groups excluding carboxylic acids is 1. The van der Waals surface area contributed by atoms with E-state index in [0.717, 1.165) is 0 Å². The Morgan fingerprint density at radius 1 is 1.10 bits per heavy atom. The molecule has 3 aromatic heterocycles. The minimum Gasteiger partial charge on any atom is -0.328 e. The highest BCUT2D eigenvalue weighted by Gasteiger charge is 2.17. The van der Waals surface area contributed by atoms with Crippen molar-refractivity contribution in [1.29, 1.82) is 0 Å². The van der Waals surface area contributed by atoms with Crippen LogP contribution in [0.1, 0.15) is 10.7 Å². The van der Waals surface area contributed by atoms with Gasteiger partial charge in [-0.3, -0.25) is 15.1 Å². The lowest BCUT2D eigenvalue weighted by Crippen LogP contribution is -2.14. The quantitative estimate of drug-likeness (QED) is 0.732. The third kappa shape index (κ3) is 2.46. The fraction of sp³-hybridized carbons (Fsp3) is 0. The van der Waals surface area contributed by atoms with Crippen LogP contribution < -0.4 is 5.32 Å². The van der Waals surface area contributed by atoms with Crippen molar-refractivity contribution in [3.63, 3.8) is 0 Å². The van der Waals surface area contributed by atoms with Crippen LogP contribution >= 0.6 is 0 Å². The monoisotopic (exact) mass is 269 g/mol. The molecule has 3 rings (SSSR count). The van der Waals surface area contributed by atoms with Gasteiger partial charge in [0, 0.05) is 24.8 Å². The van der Waals surface area contributed by atoms with Crippen LogP contribution in [0.5, 0.6) is 0 Å². The van der Waals surface area contributed by atoms with Crippen LogP contribution in [0.15, 0.2) is 41.6 Å². The average molecular weight is 269 g/mol. The van der Waals surface area contributed by atoms with Crippen molar-refractivity contribution in [1.82, 2.24) is 30.1 Å². The third-order valence-corrected chi connectivity index (χ3v) is 2.20. The van der Waals surface area contributed by atoms with Crippen molar-refractivity contribution >= 4 is 11.9 Å². The van der Waals surface area contributed by atoms with Gasteiger partial charge in [0.05, 0.1) is 6.20 Å². The largest absolute Gasteiger partial charge is 0.328 e. The van der Waals surface area contributed by atoms with Gasteiger partial charge in [-0.2, -0.15) is 4.98 Å². The van der Waals surface area contributed by atoms with Crippen LogP contribution in [0.3, 0.4) is 0 Å². The first kappa shape index (κ1) is 11.8. The van der Waals surface area contributed by atoms with Gasteiger partial charge in [0.25, 0.3) is 0 Å². The average Bonchev–Trinajstić information content (AvgIpc) is 2.99. The van der Waals surface area contributed by atoms with E-state index in [1.165, 1.54) is 31.0 Å². The van der Waals surface area contributed by atoms with Gasteiger partial charge in [0.1, 0.15) is 5.69 Å². The molecule has 0 aliphatic heterocycles. The number of hydrogen-bond donors (Lipinski definition) is 1. The molecule has 0 unspecified atom stereocenters. The molecule has 0 atom stereocenters. The predicted octanol–water partition coefficient (Wildman–Crippen LogP) is 0.569. The Balaban J connectivity index is 1.79. The predicted molar refractivity (Wildman–Crippen MR) is 65.3 cm³/mol. The lowest BCUT2D eigenvalue weighted by atomic mass is 10.4. The zero-order chi connectivity index (χ0) is 13.8. The first-order valence-corrected chi connectivity index (χ1v) is 5.51. The Kier molecular flexibility index (Phi) is 3.07. The first-order chi connectivity index (χ1) is 9.83. The van der Waals surface area contributed by atoms with Gasteiger partial charge < -0.3 is 4.52 Å². The number of nitrogens with zero attached hydrogens (tertiary/aromatic N) is 6. The summed E-state index contributed by atoms with van der Waals surface area (Å²) in [5.74, 6) is -0.481. The molecule has 9 heteroatoms. The lowest BCUT2D eigenvalue weighted by Gasteiger charge is -1.97. The summed E-state index contributed by atoms with van der Waals surface area (Å²) in [5, 5.41) is 6.09. The summed E-state index contributed by atoms with van der Waals surface area (Å²) >= 11 is 0. The molecule has 1 N–H and O–H groups in total. The maximum Gasteiger partial charge on any atom is 0.316 e. The minimum atomic E-state index is -0.598. The second-order valence-electron chi connectivity index (χ2n) is 3.54. The number of rotatable bonds is 3. The Morgan fingerprint density at radius 2 is 1.95 bits per heavy atom. The second-order valence-corrected chi connectivity index (χ2v) is 3.54. The SMILES string of the molecule is O=C(Nc1ncccn1)c1nc(-c2cnccn2)no1. The molecule has 3 aromatic rings. The summed E-state index contributed by atoms with van der Waals surface area (Å²) in [6.45, 7) is 0. The number of amides is 1. The zero-order valence-corrected chi connectivity index (χ0v) is 9.96. The maximum absolute atomic E-state index is 11.8. The summed E-state index contributed by atoms with van der Waals surface area (Å²) in [7, 11) is 0. The first-order valence-electron chi connectivity index (χ1n) is 5.51. The van der Waals surface area contributed by atoms with Crippen molar-refractivity contribution in [3.8, 4) is 11.5 Å². The Hall–Kier alpha value is -3.23. The summed E-state index contributed by atoms with van der Waals surface area (Å²) < 4.78 is 4.86. The highest BCUT2D eigenvalue weighted by molar-refractivity contribution is 5.99. The number of nitrogens with one attached hydrogen (secondary N) is 1. The van der Waals surface area contributed by atoms with Crippen molar-refractivity contribution < 1.29 is 9.32 Å². The van der Waals surface area contributed by atoms with E-state index in [0.29, 0.717) is 5.69 Å². The molecule has 0 aliphatic rings. The highest BCUT2D eigenvalue weighted by Crippen LogP contribution is 2.11. The van der Waals surface area contributed by atoms with Gasteiger partial charge >= 0.3 is 11.8 Å². The Bertz CT molecular complexity index is 714. The topological polar surface area (TPSA) is 120 Å². The van der Waals surface area contributed by atoms with Gasteiger partial charge in [-0.25, -0.2) is 15.0 Å². The molecular formula is C11H7N7O2. The molecule has 0 saturated carbocycles. The van der Waals surface area contributed by atoms with Crippen LogP contribution in [-0.2, 0) is 0 Å². The molecule has 0 aliphatic carbocycles. The summed E-state index contributed by atoms with van der Waals surface area (Å²) in [4.78, 5) is 31.4. The zero-order valence-electron chi connectivity index (χ0n) is 9.96. The molecule has 1 amide bonds. The molecular weight excluding hydrogens is 262 g/mol. The highest BCUT2D eigenvalue weighted by atomic mass is 16.5. The van der Waals surface area contributed by atoms with Crippen molar-refractivity contribution in [2.24, 2.45) is 0 Å². The second kappa shape index (κ2) is 5.18. The summed E-state index contributed by atoms with van der Waals surface area (Å²) in [5.41, 5.74) is 0.409. The number of hydrogen-bond acceptors (Lipinski definition) is 8. The van der Waals surface area contributed by atoms with Crippen LogP contribution in [-0.4, -0.2) is 36.0 Å². The fourth-order valence-corrected chi connectivity index (χ4v) is 1.35. The molecule has 20 heavy (non-hydrogen) atoms. The smallest absolute Gasteiger partial charge is 0.316 e. The Labute approximate surface area is 112 Å². The maximum atomic E-state index is 11.8. The molecule has 0 fully saturated rings. The molecule has 0 bridgehead atoms. The molecule has 0 aromatic carbocycles. The minimum absolute atomic E-state index is 0.150. The van der Waals surface area contributed by atoms with E-state index in [4.69, 9.17) is 4.52 Å². The van der Waals surface area contributed by atoms with Gasteiger partial charge in [-0.1, -0.05) is 5.16 Å². The van der Waals surface area contributed by atoms with E-state index < -0.39 is 5.91 Å². The molecule has 0 radical (unpaired) electrons. The van der Waals surface area contributed by atoms with Gasteiger partial charge in [-0.05, 0) is 6.07 Å². The fourth-order valence-electron chi connectivity index (χ4n) is 1.35. The molecule has 0 saturated heterocycles. The van der Waals surface area contributed by atoms with Gasteiger partial charge in [0.15, 0.2) is 0 Å². The van der Waals surface area contributed by atoms with Gasteiger partial charge in [-0.15, -0.1) is 0 Å². The number of anilines is 1. The van der Waals surface area contributed by atoms with E-state index in [2.05, 4.69) is 35.4 Å². The van der Waals surface area contributed by atoms with Crippen molar-refractivity contribution in [3.05, 3.63) is 42.9 Å². The third-order valence-electron chi connectivity index (χ3n) is 2.20. The molecule has 98 valence electrons. The van der Waals surface area contributed by atoms with E-state index in [9.17, 15) is 4.79 Å². The van der Waals surface area contributed by atoms with E-state index >= 15 is 0 Å². The standard InChI is InChI=1S/C11H7N7O2/c19-9(17-11-14-2-1-3-15-11)10-16-8(18-20-10)7-6-12-4-5-13-7/h1-6H,(H,14,15,17,19). The van der Waals surface area contributed by atoms with Crippen molar-refractivity contribution in [2.45, 2.75) is 0 Å². The lowest BCUT2D eigenvalue weighted by molar-refractivity contribution is 0.0980. The van der Waals surface area contributed by atoms with Crippen molar-refractivity contribution in [2.75, 3.05) is 5.32 Å². The van der Waals surface area contributed by atoms with Crippen LogP contribution in [0.4, 0.5) is 5.95 Å². The van der Waals surface area contributed by atoms with Crippen LogP contribution in [0.25, 0.3) is 11.5 Å². The molecule has 0 spiro atoms. The van der Waals surface area contributed by atoms with E-state index in [-0.39, 0.29) is 17.7 Å². The molecule has 3 heterocycles. The number of aromatic nitrogens is 6.